The van der Waals surface area contributed by atoms with E-state index >= 15 is 0 Å². The van der Waals surface area contributed by atoms with Crippen molar-refractivity contribution in [3.63, 3.8) is 0 Å². The van der Waals surface area contributed by atoms with Crippen LogP contribution in [0.3, 0.4) is 0 Å². The first-order chi connectivity index (χ1) is 5.20. The number of fused-ring (bicyclic) bond motifs is 1. The van der Waals surface area contributed by atoms with Gasteiger partial charge >= 0.3 is 0 Å². The van der Waals surface area contributed by atoms with E-state index in [2.05, 4.69) is 24.0 Å². The zero-order chi connectivity index (χ0) is 8.01. The highest BCUT2D eigenvalue weighted by Crippen LogP contribution is 2.34. The average molecular weight is 148 g/mol. The first kappa shape index (κ1) is 6.77. The fourth-order valence-electron chi connectivity index (χ4n) is 1.64. The van der Waals surface area contributed by atoms with Crippen LogP contribution in [0.5, 0.6) is 0 Å². The maximum absolute atomic E-state index is 4.10. The Morgan fingerprint density at radius 2 is 2.00 bits per heavy atom. The molecule has 58 valence electrons. The minimum Gasteiger partial charge on any atom is -0.155 e. The zero-order valence-electron chi connectivity index (χ0n) is 7.18. The van der Waals surface area contributed by atoms with Gasteiger partial charge in [0.25, 0.3) is 0 Å². The van der Waals surface area contributed by atoms with Gasteiger partial charge in [-0.25, -0.2) is 0 Å². The third-order valence-corrected chi connectivity index (χ3v) is 2.18. The number of aromatic nitrogens is 2. The maximum atomic E-state index is 4.10. The first-order valence-corrected chi connectivity index (χ1v) is 4.05. The van der Waals surface area contributed by atoms with Crippen LogP contribution in [-0.4, -0.2) is 10.2 Å². The number of hydrogen-bond acceptors (Lipinski definition) is 2. The molecule has 0 saturated heterocycles. The molecule has 0 aromatic carbocycles. The fraction of sp³-hybridized carbons (Fsp3) is 0.556. The van der Waals surface area contributed by atoms with Crippen LogP contribution in [0.25, 0.3) is 0 Å². The summed E-state index contributed by atoms with van der Waals surface area (Å²) >= 11 is 0. The summed E-state index contributed by atoms with van der Waals surface area (Å²) in [6.07, 6.45) is 1.08. The minimum absolute atomic E-state index is 0.599. The van der Waals surface area contributed by atoms with Crippen molar-refractivity contribution in [2.24, 2.45) is 0 Å². The van der Waals surface area contributed by atoms with Crippen LogP contribution >= 0.6 is 0 Å². The van der Waals surface area contributed by atoms with Crippen LogP contribution in [0.4, 0.5) is 0 Å². The zero-order valence-corrected chi connectivity index (χ0v) is 7.18. The molecule has 11 heavy (non-hydrogen) atoms. The van der Waals surface area contributed by atoms with Crippen LogP contribution in [0.1, 0.15) is 42.3 Å². The SMILES string of the molecule is Cc1nnc2c(c1C(C)C)C2. The second-order valence-electron chi connectivity index (χ2n) is 3.46. The highest BCUT2D eigenvalue weighted by Gasteiger charge is 2.26. The molecule has 1 aliphatic carbocycles. The van der Waals surface area contributed by atoms with E-state index in [1.807, 2.05) is 6.92 Å². The van der Waals surface area contributed by atoms with Crippen molar-refractivity contribution >= 4 is 0 Å². The van der Waals surface area contributed by atoms with Gasteiger partial charge in [-0.15, -0.1) is 0 Å². The van der Waals surface area contributed by atoms with Crippen LogP contribution in [0.2, 0.25) is 0 Å². The Balaban J connectivity index is 2.55. The molecule has 1 aromatic heterocycles. The largest absolute Gasteiger partial charge is 0.155 e. The van der Waals surface area contributed by atoms with E-state index in [1.165, 1.54) is 16.8 Å². The summed E-state index contributed by atoms with van der Waals surface area (Å²) in [5, 5.41) is 8.17. The smallest absolute Gasteiger partial charge is 0.0714 e. The molecule has 1 aliphatic rings. The summed E-state index contributed by atoms with van der Waals surface area (Å²) < 4.78 is 0. The molecule has 0 unspecified atom stereocenters. The standard InChI is InChI=1S/C9H12N2/c1-5(2)9-6(3)10-11-8-4-7(8)9/h5H,4H2,1-3H3. The van der Waals surface area contributed by atoms with Gasteiger partial charge in [0.05, 0.1) is 11.4 Å². The van der Waals surface area contributed by atoms with Crippen LogP contribution < -0.4 is 0 Å². The van der Waals surface area contributed by atoms with Gasteiger partial charge in [-0.05, 0) is 24.0 Å². The Morgan fingerprint density at radius 3 is 2.55 bits per heavy atom. The molecule has 0 saturated carbocycles. The normalized spacial score (nSPS) is 13.5. The third-order valence-electron chi connectivity index (χ3n) is 2.18. The van der Waals surface area contributed by atoms with Gasteiger partial charge in [0, 0.05) is 6.42 Å². The van der Waals surface area contributed by atoms with Gasteiger partial charge in [-0.3, -0.25) is 0 Å². The summed E-state index contributed by atoms with van der Waals surface area (Å²) in [6.45, 7) is 6.46. The summed E-state index contributed by atoms with van der Waals surface area (Å²) in [7, 11) is 0. The third kappa shape index (κ3) is 0.934. The topological polar surface area (TPSA) is 25.8 Å². The average Bonchev–Trinajstić information content (AvgIpc) is 2.64. The van der Waals surface area contributed by atoms with E-state index in [0.717, 1.165) is 12.1 Å². The Hall–Kier alpha value is -0.920. The first-order valence-electron chi connectivity index (χ1n) is 4.05. The Bertz CT molecular complexity index is 299. The monoisotopic (exact) mass is 148 g/mol. The fourth-order valence-corrected chi connectivity index (χ4v) is 1.64. The second-order valence-corrected chi connectivity index (χ2v) is 3.46. The molecule has 0 amide bonds. The van der Waals surface area contributed by atoms with Crippen LogP contribution in [-0.2, 0) is 6.42 Å². The molecule has 0 atom stereocenters. The lowest BCUT2D eigenvalue weighted by atomic mass is 10.0. The molecule has 0 bridgehead atoms. The predicted molar refractivity (Wildman–Crippen MR) is 43.7 cm³/mol. The molecule has 0 aliphatic heterocycles. The molecule has 1 heterocycles. The van der Waals surface area contributed by atoms with E-state index in [4.69, 9.17) is 0 Å². The van der Waals surface area contributed by atoms with E-state index in [9.17, 15) is 0 Å². The molecule has 1 aromatic rings. The van der Waals surface area contributed by atoms with Crippen molar-refractivity contribution in [3.05, 3.63) is 22.5 Å². The van der Waals surface area contributed by atoms with Crippen molar-refractivity contribution in [1.82, 2.24) is 10.2 Å². The summed E-state index contributed by atoms with van der Waals surface area (Å²) in [6, 6.07) is 0. The quantitative estimate of drug-likeness (QED) is 0.616. The van der Waals surface area contributed by atoms with Gasteiger partial charge < -0.3 is 0 Å². The lowest BCUT2D eigenvalue weighted by Gasteiger charge is -2.05. The predicted octanol–water partition coefficient (Wildman–Crippen LogP) is 1.81. The lowest BCUT2D eigenvalue weighted by Crippen LogP contribution is -1.95. The van der Waals surface area contributed by atoms with Gasteiger partial charge in [0.1, 0.15) is 0 Å². The van der Waals surface area contributed by atoms with E-state index in [-0.39, 0.29) is 0 Å². The molecular weight excluding hydrogens is 136 g/mol. The summed E-state index contributed by atoms with van der Waals surface area (Å²) in [4.78, 5) is 0. The van der Waals surface area contributed by atoms with E-state index in [1.54, 1.807) is 0 Å². The summed E-state index contributed by atoms with van der Waals surface area (Å²) in [5.41, 5.74) is 5.19. The van der Waals surface area contributed by atoms with Crippen LogP contribution in [0.15, 0.2) is 0 Å². The molecule has 0 spiro atoms. The maximum Gasteiger partial charge on any atom is 0.0714 e. The van der Waals surface area contributed by atoms with Gasteiger partial charge in [-0.1, -0.05) is 13.8 Å². The molecule has 0 N–H and O–H groups in total. The summed E-state index contributed by atoms with van der Waals surface area (Å²) in [5.74, 6) is 0.599. The van der Waals surface area contributed by atoms with Crippen molar-refractivity contribution in [3.8, 4) is 0 Å². The van der Waals surface area contributed by atoms with Crippen molar-refractivity contribution in [2.75, 3.05) is 0 Å². The van der Waals surface area contributed by atoms with Crippen molar-refractivity contribution in [1.29, 1.82) is 0 Å². The molecule has 2 rings (SSSR count). The Morgan fingerprint density at radius 1 is 1.27 bits per heavy atom. The highest BCUT2D eigenvalue weighted by molar-refractivity contribution is 5.47. The van der Waals surface area contributed by atoms with Gasteiger partial charge in [0.2, 0.25) is 0 Å². The van der Waals surface area contributed by atoms with E-state index in [0.29, 0.717) is 5.92 Å². The number of aryl methyl sites for hydroxylation is 1. The van der Waals surface area contributed by atoms with Crippen molar-refractivity contribution < 1.29 is 0 Å². The molecule has 2 heteroatoms. The highest BCUT2D eigenvalue weighted by atomic mass is 15.1. The molecule has 2 nitrogen and oxygen atoms in total. The van der Waals surface area contributed by atoms with Gasteiger partial charge in [0.15, 0.2) is 0 Å². The molecule has 0 radical (unpaired) electrons. The lowest BCUT2D eigenvalue weighted by molar-refractivity contribution is 0.824. The number of nitrogens with zero attached hydrogens (tertiary/aromatic N) is 2. The molecular formula is C9H12N2. The minimum atomic E-state index is 0.599. The van der Waals surface area contributed by atoms with Crippen LogP contribution in [0, 0.1) is 6.92 Å². The van der Waals surface area contributed by atoms with Crippen molar-refractivity contribution in [2.45, 2.75) is 33.1 Å². The Labute approximate surface area is 66.7 Å². The molecule has 0 fully saturated rings. The number of rotatable bonds is 1. The van der Waals surface area contributed by atoms with E-state index < -0.39 is 0 Å². The van der Waals surface area contributed by atoms with Gasteiger partial charge in [-0.2, -0.15) is 10.2 Å². The Kier molecular flexibility index (Phi) is 1.25. The number of hydrogen-bond donors (Lipinski definition) is 0. The second kappa shape index (κ2) is 2.03.